The van der Waals surface area contributed by atoms with Crippen LogP contribution in [0.25, 0.3) is 10.2 Å². The number of nitro groups is 1. The summed E-state index contributed by atoms with van der Waals surface area (Å²) >= 11 is 1.07. The maximum atomic E-state index is 12.5. The molecule has 0 spiro atoms. The number of thiazole rings is 1. The molecule has 1 N–H and O–H groups in total. The fourth-order valence-electron chi connectivity index (χ4n) is 2.59. The minimum atomic E-state index is -3.46. The lowest BCUT2D eigenvalue weighted by atomic mass is 10.0. The Labute approximate surface area is 143 Å². The van der Waals surface area contributed by atoms with Crippen LogP contribution < -0.4 is 5.32 Å². The molecule has 0 aliphatic carbocycles. The minimum absolute atomic E-state index is 0. The van der Waals surface area contributed by atoms with Crippen LogP contribution in [0, 0.1) is 16.0 Å². The summed E-state index contributed by atoms with van der Waals surface area (Å²) in [6.07, 6.45) is 1.87. The Morgan fingerprint density at radius 3 is 2.87 bits per heavy atom. The fourth-order valence-corrected chi connectivity index (χ4v) is 5.53. The van der Waals surface area contributed by atoms with Crippen molar-refractivity contribution in [3.63, 3.8) is 0 Å². The van der Waals surface area contributed by atoms with Gasteiger partial charge in [-0.25, -0.2) is 13.4 Å². The number of non-ortho nitro benzene ring substituents is 1. The number of piperidine rings is 1. The number of nitrogens with one attached hydrogen (secondary N) is 1. The number of fused-ring (bicyclic) bond motifs is 1. The van der Waals surface area contributed by atoms with Gasteiger partial charge in [0.25, 0.3) is 5.69 Å². The van der Waals surface area contributed by atoms with Crippen LogP contribution in [-0.4, -0.2) is 37.2 Å². The van der Waals surface area contributed by atoms with Gasteiger partial charge >= 0.3 is 0 Å². The predicted octanol–water partition coefficient (Wildman–Crippen LogP) is 2.40. The Morgan fingerprint density at radius 1 is 1.43 bits per heavy atom. The number of halogens is 1. The highest BCUT2D eigenvalue weighted by Gasteiger charge is 2.26. The van der Waals surface area contributed by atoms with Gasteiger partial charge in [-0.1, -0.05) is 0 Å². The van der Waals surface area contributed by atoms with Gasteiger partial charge in [0, 0.05) is 12.1 Å². The minimum Gasteiger partial charge on any atom is -0.316 e. The average Bonchev–Trinajstić information content (AvgIpc) is 2.91. The van der Waals surface area contributed by atoms with Gasteiger partial charge in [0.1, 0.15) is 0 Å². The van der Waals surface area contributed by atoms with E-state index in [0.717, 1.165) is 30.7 Å². The molecular weight excluding hydrogens is 362 g/mol. The molecule has 1 aliphatic rings. The lowest BCUT2D eigenvalue weighted by molar-refractivity contribution is -0.384. The van der Waals surface area contributed by atoms with Crippen molar-refractivity contribution in [3.05, 3.63) is 28.3 Å². The molecule has 1 aromatic heterocycles. The van der Waals surface area contributed by atoms with Gasteiger partial charge in [-0.15, -0.1) is 23.7 Å². The zero-order valence-corrected chi connectivity index (χ0v) is 14.5. The summed E-state index contributed by atoms with van der Waals surface area (Å²) in [6.45, 7) is 1.64. The smallest absolute Gasteiger partial charge is 0.271 e. The quantitative estimate of drug-likeness (QED) is 0.648. The third-order valence-corrected chi connectivity index (χ3v) is 7.06. The second kappa shape index (κ2) is 7.08. The molecule has 0 bridgehead atoms. The van der Waals surface area contributed by atoms with Crippen molar-refractivity contribution >= 4 is 49.5 Å². The van der Waals surface area contributed by atoms with Crippen molar-refractivity contribution in [1.29, 1.82) is 0 Å². The third kappa shape index (κ3) is 3.97. The van der Waals surface area contributed by atoms with E-state index in [0.29, 0.717) is 16.8 Å². The first-order chi connectivity index (χ1) is 10.5. The molecule has 0 radical (unpaired) electrons. The van der Waals surface area contributed by atoms with E-state index in [1.807, 2.05) is 0 Å². The van der Waals surface area contributed by atoms with E-state index in [9.17, 15) is 18.5 Å². The highest BCUT2D eigenvalue weighted by molar-refractivity contribution is 7.93. The van der Waals surface area contributed by atoms with Crippen molar-refractivity contribution < 1.29 is 13.3 Å². The summed E-state index contributed by atoms with van der Waals surface area (Å²) in [7, 11) is -3.46. The summed E-state index contributed by atoms with van der Waals surface area (Å²) < 4.78 is 25.6. The van der Waals surface area contributed by atoms with Crippen LogP contribution in [0.2, 0.25) is 0 Å². The standard InChI is InChI=1S/C13H15N3O4S2.ClH/c17-16(18)10-3-4-12-11(6-10)15-13(21-12)22(19,20)8-9-2-1-5-14-7-9;/h3-4,6,9,14H,1-2,5,7-8H2;1H. The maximum absolute atomic E-state index is 12.5. The summed E-state index contributed by atoms with van der Waals surface area (Å²) in [5.41, 5.74) is 0.276. The van der Waals surface area contributed by atoms with E-state index in [1.54, 1.807) is 6.07 Å². The van der Waals surface area contributed by atoms with Crippen LogP contribution in [0.4, 0.5) is 5.69 Å². The molecule has 2 aromatic rings. The van der Waals surface area contributed by atoms with Crippen molar-refractivity contribution in [2.24, 2.45) is 5.92 Å². The zero-order chi connectivity index (χ0) is 15.7. The maximum Gasteiger partial charge on any atom is 0.271 e. The number of nitro benzene ring substituents is 1. The molecule has 3 rings (SSSR count). The van der Waals surface area contributed by atoms with Crippen molar-refractivity contribution in [2.45, 2.75) is 17.2 Å². The summed E-state index contributed by atoms with van der Waals surface area (Å²) in [5, 5.41) is 14.0. The van der Waals surface area contributed by atoms with E-state index in [1.165, 1.54) is 12.1 Å². The lowest BCUT2D eigenvalue weighted by Gasteiger charge is -2.21. The zero-order valence-electron chi connectivity index (χ0n) is 12.1. The second-order valence-electron chi connectivity index (χ2n) is 5.38. The van der Waals surface area contributed by atoms with Crippen LogP contribution in [0.3, 0.4) is 0 Å². The Balaban J connectivity index is 0.00000192. The summed E-state index contributed by atoms with van der Waals surface area (Å²) in [6, 6.07) is 4.22. The normalized spacial score (nSPS) is 18.5. The number of hydrogen-bond donors (Lipinski definition) is 1. The fraction of sp³-hybridized carbons (Fsp3) is 0.462. The van der Waals surface area contributed by atoms with Crippen molar-refractivity contribution in [3.8, 4) is 0 Å². The molecule has 126 valence electrons. The van der Waals surface area contributed by atoms with E-state index in [2.05, 4.69) is 10.3 Å². The van der Waals surface area contributed by atoms with Crippen molar-refractivity contribution in [1.82, 2.24) is 10.3 Å². The molecule has 0 saturated carbocycles. The van der Waals surface area contributed by atoms with Crippen LogP contribution in [0.15, 0.2) is 22.5 Å². The predicted molar refractivity (Wildman–Crippen MR) is 91.2 cm³/mol. The van der Waals surface area contributed by atoms with Crippen molar-refractivity contribution in [2.75, 3.05) is 18.8 Å². The van der Waals surface area contributed by atoms with Gasteiger partial charge in [-0.3, -0.25) is 10.1 Å². The molecular formula is C13H16ClN3O4S2. The van der Waals surface area contributed by atoms with Gasteiger partial charge in [0.05, 0.1) is 20.9 Å². The lowest BCUT2D eigenvalue weighted by Crippen LogP contribution is -2.33. The molecule has 1 saturated heterocycles. The first kappa shape index (κ1) is 18.1. The van der Waals surface area contributed by atoms with Crippen LogP contribution in [-0.2, 0) is 9.84 Å². The van der Waals surface area contributed by atoms with E-state index in [-0.39, 0.29) is 34.1 Å². The van der Waals surface area contributed by atoms with Gasteiger partial charge in [-0.2, -0.15) is 0 Å². The monoisotopic (exact) mass is 377 g/mol. The molecule has 1 fully saturated rings. The number of hydrogen-bond acceptors (Lipinski definition) is 7. The number of benzene rings is 1. The molecule has 23 heavy (non-hydrogen) atoms. The van der Waals surface area contributed by atoms with Crippen LogP contribution in [0.1, 0.15) is 12.8 Å². The molecule has 0 amide bonds. The molecule has 1 unspecified atom stereocenters. The van der Waals surface area contributed by atoms with E-state index in [4.69, 9.17) is 0 Å². The highest BCUT2D eigenvalue weighted by Crippen LogP contribution is 2.30. The van der Waals surface area contributed by atoms with E-state index < -0.39 is 14.8 Å². The number of nitrogens with zero attached hydrogens (tertiary/aromatic N) is 2. The third-order valence-electron chi connectivity index (χ3n) is 3.68. The summed E-state index contributed by atoms with van der Waals surface area (Å²) in [5.74, 6) is 0.169. The second-order valence-corrected chi connectivity index (χ2v) is 8.62. The number of sulfone groups is 1. The molecule has 10 heteroatoms. The number of rotatable bonds is 4. The number of aromatic nitrogens is 1. The molecule has 1 aliphatic heterocycles. The van der Waals surface area contributed by atoms with Gasteiger partial charge in [0.15, 0.2) is 0 Å². The Kier molecular flexibility index (Phi) is 5.56. The first-order valence-electron chi connectivity index (χ1n) is 6.94. The average molecular weight is 378 g/mol. The Bertz CT molecular complexity index is 816. The Morgan fingerprint density at radius 2 is 2.22 bits per heavy atom. The molecule has 1 aromatic carbocycles. The summed E-state index contributed by atoms with van der Waals surface area (Å²) in [4.78, 5) is 14.4. The molecule has 1 atom stereocenters. The van der Waals surface area contributed by atoms with E-state index >= 15 is 0 Å². The topological polar surface area (TPSA) is 102 Å². The van der Waals surface area contributed by atoms with Gasteiger partial charge in [0.2, 0.25) is 14.2 Å². The van der Waals surface area contributed by atoms with Crippen LogP contribution in [0.5, 0.6) is 0 Å². The largest absolute Gasteiger partial charge is 0.316 e. The molecule has 7 nitrogen and oxygen atoms in total. The first-order valence-corrected chi connectivity index (χ1v) is 9.41. The van der Waals surface area contributed by atoms with Crippen LogP contribution >= 0.6 is 23.7 Å². The molecule has 2 heterocycles. The van der Waals surface area contributed by atoms with Gasteiger partial charge in [-0.05, 0) is 37.9 Å². The SMILES string of the molecule is Cl.O=[N+]([O-])c1ccc2sc(S(=O)(=O)CC3CCCNC3)nc2c1. The van der Waals surface area contributed by atoms with Gasteiger partial charge < -0.3 is 5.32 Å². The Hall–Kier alpha value is -1.29. The highest BCUT2D eigenvalue weighted by atomic mass is 35.5.